The zero-order chi connectivity index (χ0) is 17.1. The monoisotopic (exact) mass is 337 g/mol. The topological polar surface area (TPSA) is 61.7 Å². The highest BCUT2D eigenvalue weighted by Crippen LogP contribution is 2.31. The molecule has 120 valence electrons. The Labute approximate surface area is 145 Å². The lowest BCUT2D eigenvalue weighted by Crippen LogP contribution is -2.05. The number of ether oxygens (including phenoxy) is 1. The largest absolute Gasteiger partial charge is 0.489 e. The molecule has 0 spiro atoms. The molecule has 0 fully saturated rings. The van der Waals surface area contributed by atoms with Crippen LogP contribution in [0.5, 0.6) is 5.75 Å². The summed E-state index contributed by atoms with van der Waals surface area (Å²) >= 11 is 6.29. The van der Waals surface area contributed by atoms with Crippen molar-refractivity contribution in [2.75, 3.05) is 0 Å². The number of nitrogens with one attached hydrogen (secondary N) is 1. The van der Waals surface area contributed by atoms with Crippen molar-refractivity contribution >= 4 is 11.6 Å². The van der Waals surface area contributed by atoms with Crippen molar-refractivity contribution in [3.63, 3.8) is 0 Å². The predicted molar refractivity (Wildman–Crippen MR) is 94.9 cm³/mol. The van der Waals surface area contributed by atoms with Crippen LogP contribution in [0.1, 0.15) is 19.4 Å². The van der Waals surface area contributed by atoms with Crippen LogP contribution in [0.2, 0.25) is 5.02 Å². The van der Waals surface area contributed by atoms with Gasteiger partial charge in [0.1, 0.15) is 5.75 Å². The maximum absolute atomic E-state index is 9.01. The number of rotatable bonds is 4. The highest BCUT2D eigenvalue weighted by atomic mass is 35.5. The zero-order valence-corrected chi connectivity index (χ0v) is 14.1. The third-order valence-corrected chi connectivity index (χ3v) is 3.77. The summed E-state index contributed by atoms with van der Waals surface area (Å²) in [6.45, 7) is 3.92. The zero-order valence-electron chi connectivity index (χ0n) is 13.4. The lowest BCUT2D eigenvalue weighted by atomic mass is 10.1. The van der Waals surface area contributed by atoms with Crippen molar-refractivity contribution in [3.8, 4) is 34.3 Å². The second-order valence-corrected chi connectivity index (χ2v) is 6.08. The lowest BCUT2D eigenvalue weighted by molar-refractivity contribution is 0.242. The minimum absolute atomic E-state index is 0.0690. The van der Waals surface area contributed by atoms with Crippen LogP contribution in [-0.2, 0) is 0 Å². The van der Waals surface area contributed by atoms with Gasteiger partial charge in [0.15, 0.2) is 0 Å². The van der Waals surface area contributed by atoms with E-state index in [1.807, 2.05) is 56.3 Å². The highest BCUT2D eigenvalue weighted by Gasteiger charge is 2.10. The fraction of sp³-hybridized carbons (Fsp3) is 0.158. The third kappa shape index (κ3) is 3.42. The standard InChI is InChI=1S/C19H16ClN3O/c1-12(2)24-19-7-6-15(9-16(19)20)18-10-17(22-23-18)14-5-3-4-13(8-14)11-21/h3-10,12H,1-2H3,(H,22,23). The Balaban J connectivity index is 1.90. The molecule has 0 amide bonds. The second kappa shape index (κ2) is 6.77. The Bertz CT molecular complexity index is 909. The molecule has 1 N–H and O–H groups in total. The van der Waals surface area contributed by atoms with Crippen molar-refractivity contribution < 1.29 is 4.74 Å². The van der Waals surface area contributed by atoms with Gasteiger partial charge in [0.05, 0.1) is 34.1 Å². The summed E-state index contributed by atoms with van der Waals surface area (Å²) in [7, 11) is 0. The van der Waals surface area contributed by atoms with Crippen molar-refractivity contribution in [2.45, 2.75) is 20.0 Å². The van der Waals surface area contributed by atoms with Gasteiger partial charge in [-0.2, -0.15) is 10.4 Å². The summed E-state index contributed by atoms with van der Waals surface area (Å²) in [5.41, 5.74) is 4.05. The minimum Gasteiger partial charge on any atom is -0.489 e. The summed E-state index contributed by atoms with van der Waals surface area (Å²) < 4.78 is 5.65. The molecule has 5 heteroatoms. The first-order valence-electron chi connectivity index (χ1n) is 7.59. The van der Waals surface area contributed by atoms with Gasteiger partial charge in [-0.15, -0.1) is 0 Å². The van der Waals surface area contributed by atoms with Gasteiger partial charge < -0.3 is 4.74 Å². The van der Waals surface area contributed by atoms with Gasteiger partial charge in [-0.1, -0.05) is 23.7 Å². The van der Waals surface area contributed by atoms with Crippen molar-refractivity contribution in [3.05, 3.63) is 59.1 Å². The first kappa shape index (κ1) is 16.1. The molecule has 2 aromatic carbocycles. The summed E-state index contributed by atoms with van der Waals surface area (Å²) in [5, 5.41) is 16.9. The number of hydrogen-bond acceptors (Lipinski definition) is 3. The molecular weight excluding hydrogens is 322 g/mol. The molecule has 1 heterocycles. The number of H-pyrrole nitrogens is 1. The number of nitrogens with zero attached hydrogens (tertiary/aromatic N) is 2. The molecule has 3 aromatic rings. The summed E-state index contributed by atoms with van der Waals surface area (Å²) in [6, 6.07) is 17.1. The van der Waals surface area contributed by atoms with Gasteiger partial charge >= 0.3 is 0 Å². The van der Waals surface area contributed by atoms with Gasteiger partial charge in [-0.05, 0) is 50.2 Å². The Morgan fingerprint density at radius 1 is 1.12 bits per heavy atom. The number of hydrogen-bond donors (Lipinski definition) is 1. The lowest BCUT2D eigenvalue weighted by Gasteiger charge is -2.11. The maximum Gasteiger partial charge on any atom is 0.138 e. The van der Waals surface area contributed by atoms with Crippen LogP contribution < -0.4 is 4.74 Å². The van der Waals surface area contributed by atoms with E-state index in [0.29, 0.717) is 16.3 Å². The Kier molecular flexibility index (Phi) is 4.54. The van der Waals surface area contributed by atoms with Gasteiger partial charge in [0, 0.05) is 11.1 Å². The van der Waals surface area contributed by atoms with Gasteiger partial charge in [-0.25, -0.2) is 0 Å². The Hall–Kier alpha value is -2.77. The number of nitriles is 1. The van der Waals surface area contributed by atoms with E-state index in [1.165, 1.54) is 0 Å². The molecule has 0 bridgehead atoms. The highest BCUT2D eigenvalue weighted by molar-refractivity contribution is 6.32. The van der Waals surface area contributed by atoms with Crippen molar-refractivity contribution in [2.24, 2.45) is 0 Å². The fourth-order valence-electron chi connectivity index (χ4n) is 2.38. The second-order valence-electron chi connectivity index (χ2n) is 5.67. The molecule has 0 radical (unpaired) electrons. The smallest absolute Gasteiger partial charge is 0.138 e. The molecule has 3 rings (SSSR count). The molecule has 0 aliphatic heterocycles. The average Bonchev–Trinajstić information content (AvgIpc) is 3.06. The summed E-state index contributed by atoms with van der Waals surface area (Å²) in [6.07, 6.45) is 0.0690. The van der Waals surface area contributed by atoms with Gasteiger partial charge in [0.2, 0.25) is 0 Å². The van der Waals surface area contributed by atoms with Crippen LogP contribution in [0.4, 0.5) is 0 Å². The van der Waals surface area contributed by atoms with Crippen LogP contribution in [0, 0.1) is 11.3 Å². The minimum atomic E-state index is 0.0690. The van der Waals surface area contributed by atoms with Crippen LogP contribution >= 0.6 is 11.6 Å². The number of benzene rings is 2. The summed E-state index contributed by atoms with van der Waals surface area (Å²) in [4.78, 5) is 0. The van der Waals surface area contributed by atoms with Gasteiger partial charge in [0.25, 0.3) is 0 Å². The van der Waals surface area contributed by atoms with E-state index in [4.69, 9.17) is 21.6 Å². The van der Waals surface area contributed by atoms with E-state index in [-0.39, 0.29) is 6.10 Å². The van der Waals surface area contributed by atoms with Crippen LogP contribution in [0.3, 0.4) is 0 Å². The molecule has 1 aromatic heterocycles. The van der Waals surface area contributed by atoms with E-state index in [0.717, 1.165) is 22.5 Å². The predicted octanol–water partition coefficient (Wildman–Crippen LogP) is 5.06. The third-order valence-electron chi connectivity index (χ3n) is 3.47. The summed E-state index contributed by atoms with van der Waals surface area (Å²) in [5.74, 6) is 0.664. The molecule has 0 aliphatic rings. The molecule has 0 unspecified atom stereocenters. The quantitative estimate of drug-likeness (QED) is 0.724. The van der Waals surface area contributed by atoms with Crippen molar-refractivity contribution in [1.29, 1.82) is 5.26 Å². The van der Waals surface area contributed by atoms with E-state index >= 15 is 0 Å². The van der Waals surface area contributed by atoms with Crippen LogP contribution in [0.15, 0.2) is 48.5 Å². The van der Waals surface area contributed by atoms with E-state index < -0.39 is 0 Å². The first-order chi connectivity index (χ1) is 11.6. The average molecular weight is 338 g/mol. The molecule has 0 atom stereocenters. The first-order valence-corrected chi connectivity index (χ1v) is 7.97. The number of aromatic nitrogens is 2. The maximum atomic E-state index is 9.01. The molecule has 0 aliphatic carbocycles. The molecule has 24 heavy (non-hydrogen) atoms. The molecule has 4 nitrogen and oxygen atoms in total. The van der Waals surface area contributed by atoms with E-state index in [9.17, 15) is 0 Å². The number of aromatic amines is 1. The van der Waals surface area contributed by atoms with E-state index in [1.54, 1.807) is 6.07 Å². The van der Waals surface area contributed by atoms with E-state index in [2.05, 4.69) is 16.3 Å². The normalized spacial score (nSPS) is 10.6. The SMILES string of the molecule is CC(C)Oc1ccc(-c2cc(-c3cccc(C#N)c3)n[nH]2)cc1Cl. The fourth-order valence-corrected chi connectivity index (χ4v) is 2.61. The van der Waals surface area contributed by atoms with Crippen LogP contribution in [0.25, 0.3) is 22.5 Å². The molecule has 0 saturated carbocycles. The van der Waals surface area contributed by atoms with Crippen molar-refractivity contribution in [1.82, 2.24) is 10.2 Å². The molecule has 0 saturated heterocycles. The number of halogens is 1. The Morgan fingerprint density at radius 3 is 2.67 bits per heavy atom. The Morgan fingerprint density at radius 2 is 1.96 bits per heavy atom. The van der Waals surface area contributed by atoms with Gasteiger partial charge in [-0.3, -0.25) is 5.10 Å². The van der Waals surface area contributed by atoms with Crippen LogP contribution in [-0.4, -0.2) is 16.3 Å². The molecular formula is C19H16ClN3O.